The maximum absolute atomic E-state index is 5.70. The first kappa shape index (κ1) is 12.9. The number of nitrogens with one attached hydrogen (secondary N) is 1. The lowest BCUT2D eigenvalue weighted by Crippen LogP contribution is -2.28. The van der Waals surface area contributed by atoms with Gasteiger partial charge in [0.25, 0.3) is 0 Å². The molecule has 0 fully saturated rings. The fraction of sp³-hybridized carbons (Fsp3) is 0.231. The van der Waals surface area contributed by atoms with Crippen LogP contribution in [0.4, 0.5) is 0 Å². The van der Waals surface area contributed by atoms with Crippen molar-refractivity contribution in [3.05, 3.63) is 44.6 Å². The molecule has 0 saturated carbocycles. The molecule has 1 unspecified atom stereocenters. The van der Waals surface area contributed by atoms with Crippen molar-refractivity contribution in [3.63, 3.8) is 0 Å². The molecule has 19 heavy (non-hydrogen) atoms. The van der Waals surface area contributed by atoms with Gasteiger partial charge in [0.1, 0.15) is 13.2 Å². The smallest absolute Gasteiger partial charge is 0.161 e. The number of hydrogen-bond donors (Lipinski definition) is 2. The van der Waals surface area contributed by atoms with Gasteiger partial charge in [0, 0.05) is 9.35 Å². The molecule has 1 aromatic heterocycles. The van der Waals surface area contributed by atoms with Crippen LogP contribution in [0.5, 0.6) is 11.5 Å². The minimum absolute atomic E-state index is 0.0646. The summed E-state index contributed by atoms with van der Waals surface area (Å²) in [6.45, 7) is 1.18. The highest BCUT2D eigenvalue weighted by Gasteiger charge is 2.20. The van der Waals surface area contributed by atoms with Gasteiger partial charge in [-0.3, -0.25) is 5.84 Å². The molecule has 3 rings (SSSR count). The Morgan fingerprint density at radius 1 is 1.21 bits per heavy atom. The molecule has 1 atom stereocenters. The maximum atomic E-state index is 5.70. The fourth-order valence-corrected chi connectivity index (χ4v) is 3.76. The normalized spacial score (nSPS) is 15.3. The van der Waals surface area contributed by atoms with Crippen LogP contribution in [-0.2, 0) is 0 Å². The lowest BCUT2D eigenvalue weighted by Gasteiger charge is -2.21. The van der Waals surface area contributed by atoms with E-state index in [-0.39, 0.29) is 6.04 Å². The number of hydrogen-bond acceptors (Lipinski definition) is 5. The van der Waals surface area contributed by atoms with Crippen molar-refractivity contribution in [2.24, 2.45) is 5.84 Å². The molecule has 0 spiro atoms. The minimum Gasteiger partial charge on any atom is -0.486 e. The van der Waals surface area contributed by atoms with Crippen molar-refractivity contribution in [1.29, 1.82) is 0 Å². The van der Waals surface area contributed by atoms with Gasteiger partial charge in [0.2, 0.25) is 0 Å². The molecule has 1 aliphatic rings. The number of hydrazine groups is 1. The summed E-state index contributed by atoms with van der Waals surface area (Å²) in [5, 5.41) is 2.03. The Balaban J connectivity index is 1.98. The molecule has 0 radical (unpaired) electrons. The zero-order chi connectivity index (χ0) is 13.2. The summed E-state index contributed by atoms with van der Waals surface area (Å²) in [6, 6.07) is 7.86. The monoisotopic (exact) mass is 340 g/mol. The Morgan fingerprint density at radius 2 is 2.00 bits per heavy atom. The topological polar surface area (TPSA) is 56.5 Å². The van der Waals surface area contributed by atoms with E-state index < -0.39 is 0 Å². The molecule has 6 heteroatoms. The van der Waals surface area contributed by atoms with E-state index in [0.717, 1.165) is 26.4 Å². The van der Waals surface area contributed by atoms with Crippen LogP contribution in [0.2, 0.25) is 0 Å². The van der Waals surface area contributed by atoms with Crippen molar-refractivity contribution in [1.82, 2.24) is 5.43 Å². The second-order valence-electron chi connectivity index (χ2n) is 4.14. The summed E-state index contributed by atoms with van der Waals surface area (Å²) in [5.74, 6) is 7.27. The van der Waals surface area contributed by atoms with Crippen molar-refractivity contribution in [2.45, 2.75) is 6.04 Å². The highest BCUT2D eigenvalue weighted by atomic mass is 79.9. The van der Waals surface area contributed by atoms with Gasteiger partial charge in [-0.15, -0.1) is 11.3 Å². The van der Waals surface area contributed by atoms with Crippen LogP contribution >= 0.6 is 27.3 Å². The van der Waals surface area contributed by atoms with Crippen LogP contribution in [0.1, 0.15) is 16.5 Å². The van der Waals surface area contributed by atoms with Gasteiger partial charge in [-0.1, -0.05) is 6.07 Å². The van der Waals surface area contributed by atoms with Crippen molar-refractivity contribution >= 4 is 27.3 Å². The van der Waals surface area contributed by atoms with Gasteiger partial charge in [0.05, 0.1) is 6.04 Å². The van der Waals surface area contributed by atoms with Crippen LogP contribution < -0.4 is 20.7 Å². The van der Waals surface area contributed by atoms with E-state index in [1.807, 2.05) is 29.6 Å². The fourth-order valence-electron chi connectivity index (χ4n) is 2.07. The van der Waals surface area contributed by atoms with Gasteiger partial charge >= 0.3 is 0 Å². The first-order valence-corrected chi connectivity index (χ1v) is 7.55. The Hall–Kier alpha value is -1.08. The predicted octanol–water partition coefficient (Wildman–Crippen LogP) is 2.83. The van der Waals surface area contributed by atoms with Crippen LogP contribution in [0, 0.1) is 0 Å². The zero-order valence-electron chi connectivity index (χ0n) is 10.1. The second kappa shape index (κ2) is 5.50. The van der Waals surface area contributed by atoms with E-state index in [4.69, 9.17) is 15.3 Å². The molecule has 0 aliphatic carbocycles. The van der Waals surface area contributed by atoms with Gasteiger partial charge in [0.15, 0.2) is 11.5 Å². The Bertz CT molecular complexity index is 588. The number of ether oxygens (including phenoxy) is 2. The lowest BCUT2D eigenvalue weighted by atomic mass is 10.1. The summed E-state index contributed by atoms with van der Waals surface area (Å²) in [7, 11) is 0. The summed E-state index contributed by atoms with van der Waals surface area (Å²) >= 11 is 5.19. The van der Waals surface area contributed by atoms with Gasteiger partial charge < -0.3 is 9.47 Å². The summed E-state index contributed by atoms with van der Waals surface area (Å²) in [4.78, 5) is 1.14. The number of benzene rings is 1. The number of thiophene rings is 1. The molecular formula is C13H13BrN2O2S. The third-order valence-corrected chi connectivity index (χ3v) is 4.91. The molecule has 2 aromatic rings. The SMILES string of the molecule is NNC(c1ccc2c(c1)OCCO2)c1sccc1Br. The average Bonchev–Trinajstić information content (AvgIpc) is 2.86. The molecule has 0 saturated heterocycles. The number of halogens is 1. The van der Waals surface area contributed by atoms with Crippen molar-refractivity contribution in [2.75, 3.05) is 13.2 Å². The van der Waals surface area contributed by atoms with Gasteiger partial charge in [-0.2, -0.15) is 0 Å². The van der Waals surface area contributed by atoms with Crippen LogP contribution in [-0.4, -0.2) is 13.2 Å². The summed E-state index contributed by atoms with van der Waals surface area (Å²) in [6.07, 6.45) is 0. The molecule has 3 N–H and O–H groups in total. The van der Waals surface area contributed by atoms with E-state index >= 15 is 0 Å². The maximum Gasteiger partial charge on any atom is 0.161 e. The van der Waals surface area contributed by atoms with E-state index in [9.17, 15) is 0 Å². The molecule has 0 amide bonds. The van der Waals surface area contributed by atoms with Crippen LogP contribution in [0.3, 0.4) is 0 Å². The molecule has 2 heterocycles. The predicted molar refractivity (Wildman–Crippen MR) is 78.6 cm³/mol. The Morgan fingerprint density at radius 3 is 2.68 bits per heavy atom. The highest BCUT2D eigenvalue weighted by Crippen LogP contribution is 2.37. The standard InChI is InChI=1S/C13H13BrN2O2S/c14-9-3-6-19-13(9)12(16-15)8-1-2-10-11(7-8)18-5-4-17-10/h1-3,6-7,12,16H,4-5,15H2. The summed E-state index contributed by atoms with van der Waals surface area (Å²) < 4.78 is 12.2. The number of fused-ring (bicyclic) bond motifs is 1. The number of rotatable bonds is 3. The highest BCUT2D eigenvalue weighted by molar-refractivity contribution is 9.10. The molecule has 1 aliphatic heterocycles. The van der Waals surface area contributed by atoms with Gasteiger partial charge in [-0.05, 0) is 45.1 Å². The van der Waals surface area contributed by atoms with E-state index in [0.29, 0.717) is 13.2 Å². The molecular weight excluding hydrogens is 328 g/mol. The largest absolute Gasteiger partial charge is 0.486 e. The molecule has 1 aromatic carbocycles. The summed E-state index contributed by atoms with van der Waals surface area (Å²) in [5.41, 5.74) is 3.90. The zero-order valence-corrected chi connectivity index (χ0v) is 12.5. The van der Waals surface area contributed by atoms with E-state index in [1.54, 1.807) is 11.3 Å². The first-order chi connectivity index (χ1) is 9.29. The third-order valence-electron chi connectivity index (χ3n) is 2.97. The van der Waals surface area contributed by atoms with E-state index in [1.165, 1.54) is 0 Å². The second-order valence-corrected chi connectivity index (χ2v) is 5.94. The van der Waals surface area contributed by atoms with Crippen LogP contribution in [0.15, 0.2) is 34.1 Å². The Labute approximate surface area is 123 Å². The lowest BCUT2D eigenvalue weighted by molar-refractivity contribution is 0.171. The minimum atomic E-state index is -0.0646. The number of nitrogens with two attached hydrogens (primary N) is 1. The quantitative estimate of drug-likeness (QED) is 0.666. The average molecular weight is 341 g/mol. The van der Waals surface area contributed by atoms with Crippen LogP contribution in [0.25, 0.3) is 0 Å². The third kappa shape index (κ3) is 2.49. The molecule has 100 valence electrons. The Kier molecular flexibility index (Phi) is 3.74. The van der Waals surface area contributed by atoms with E-state index in [2.05, 4.69) is 21.4 Å². The van der Waals surface area contributed by atoms with Crippen molar-refractivity contribution < 1.29 is 9.47 Å². The van der Waals surface area contributed by atoms with Crippen molar-refractivity contribution in [3.8, 4) is 11.5 Å². The van der Waals surface area contributed by atoms with Gasteiger partial charge in [-0.25, -0.2) is 5.43 Å². The molecule has 4 nitrogen and oxygen atoms in total. The molecule has 0 bridgehead atoms. The first-order valence-electron chi connectivity index (χ1n) is 5.88.